The molecular weight excluding hydrogens is 306 g/mol. The Balaban J connectivity index is 1.35. The van der Waals surface area contributed by atoms with Gasteiger partial charge in [-0.2, -0.15) is 0 Å². The second-order valence-electron chi connectivity index (χ2n) is 6.86. The van der Waals surface area contributed by atoms with Crippen LogP contribution in [0.5, 0.6) is 0 Å². The van der Waals surface area contributed by atoms with E-state index in [-0.39, 0.29) is 11.8 Å². The van der Waals surface area contributed by atoms with Gasteiger partial charge in [0.25, 0.3) is 5.89 Å². The standard InChI is InChI=1S/C18H23N3O3/c22-18(14-5-2-1-3-6-14)21-10-8-13(9-11-21)16-19-20-17(24-16)15-7-4-12-23-15/h4,7,12-14H,1-3,5-6,8-11H2. The lowest BCUT2D eigenvalue weighted by Gasteiger charge is -2.34. The van der Waals surface area contributed by atoms with Crippen molar-refractivity contribution in [3.8, 4) is 11.7 Å². The molecule has 4 rings (SSSR count). The highest BCUT2D eigenvalue weighted by Gasteiger charge is 2.31. The first-order valence-electron chi connectivity index (χ1n) is 8.97. The summed E-state index contributed by atoms with van der Waals surface area (Å²) in [7, 11) is 0. The van der Waals surface area contributed by atoms with Crippen molar-refractivity contribution in [2.45, 2.75) is 50.9 Å². The summed E-state index contributed by atoms with van der Waals surface area (Å²) in [6.45, 7) is 1.58. The normalized spacial score (nSPS) is 20.4. The van der Waals surface area contributed by atoms with E-state index in [0.29, 0.717) is 23.4 Å². The second kappa shape index (κ2) is 6.79. The number of carbonyl (C=O) groups excluding carboxylic acids is 1. The van der Waals surface area contributed by atoms with Crippen molar-refractivity contribution in [1.29, 1.82) is 0 Å². The predicted octanol–water partition coefficient (Wildman–Crippen LogP) is 3.62. The van der Waals surface area contributed by atoms with E-state index in [1.54, 1.807) is 12.3 Å². The van der Waals surface area contributed by atoms with Crippen molar-refractivity contribution in [1.82, 2.24) is 15.1 Å². The second-order valence-corrected chi connectivity index (χ2v) is 6.86. The van der Waals surface area contributed by atoms with Gasteiger partial charge in [-0.25, -0.2) is 0 Å². The first-order chi connectivity index (χ1) is 11.8. The molecule has 1 amide bonds. The zero-order chi connectivity index (χ0) is 16.4. The van der Waals surface area contributed by atoms with E-state index in [4.69, 9.17) is 8.83 Å². The molecule has 0 unspecified atom stereocenters. The van der Waals surface area contributed by atoms with E-state index in [1.165, 1.54) is 19.3 Å². The molecule has 1 aliphatic heterocycles. The summed E-state index contributed by atoms with van der Waals surface area (Å²) < 4.78 is 11.0. The molecule has 2 aliphatic rings. The maximum atomic E-state index is 12.6. The Morgan fingerprint density at radius 3 is 2.58 bits per heavy atom. The first kappa shape index (κ1) is 15.4. The predicted molar refractivity (Wildman–Crippen MR) is 87.1 cm³/mol. The van der Waals surface area contributed by atoms with Gasteiger partial charge in [0.05, 0.1) is 6.26 Å². The molecule has 2 fully saturated rings. The van der Waals surface area contributed by atoms with Gasteiger partial charge in [-0.05, 0) is 37.8 Å². The molecule has 6 heteroatoms. The lowest BCUT2D eigenvalue weighted by Crippen LogP contribution is -2.41. The van der Waals surface area contributed by atoms with E-state index in [9.17, 15) is 4.79 Å². The van der Waals surface area contributed by atoms with Crippen LogP contribution >= 0.6 is 0 Å². The highest BCUT2D eigenvalue weighted by Crippen LogP contribution is 2.32. The Bertz CT molecular complexity index is 666. The van der Waals surface area contributed by atoms with Gasteiger partial charge in [0.15, 0.2) is 5.76 Å². The van der Waals surface area contributed by atoms with Crippen LogP contribution in [0, 0.1) is 5.92 Å². The summed E-state index contributed by atoms with van der Waals surface area (Å²) in [5, 5.41) is 8.25. The van der Waals surface area contributed by atoms with Gasteiger partial charge < -0.3 is 13.7 Å². The van der Waals surface area contributed by atoms with Gasteiger partial charge in [0.2, 0.25) is 11.8 Å². The topological polar surface area (TPSA) is 72.4 Å². The Morgan fingerprint density at radius 1 is 1.08 bits per heavy atom. The smallest absolute Gasteiger partial charge is 0.283 e. The molecule has 1 saturated carbocycles. The van der Waals surface area contributed by atoms with Crippen LogP contribution in [0.1, 0.15) is 56.8 Å². The number of carbonyl (C=O) groups is 1. The van der Waals surface area contributed by atoms with E-state index < -0.39 is 0 Å². The molecule has 0 radical (unpaired) electrons. The fourth-order valence-electron chi connectivity index (χ4n) is 3.85. The van der Waals surface area contributed by atoms with Crippen LogP contribution in [0.3, 0.4) is 0 Å². The average molecular weight is 329 g/mol. The molecule has 2 aromatic heterocycles. The van der Waals surface area contributed by atoms with Gasteiger partial charge in [-0.3, -0.25) is 4.79 Å². The van der Waals surface area contributed by atoms with Crippen molar-refractivity contribution in [2.75, 3.05) is 13.1 Å². The highest BCUT2D eigenvalue weighted by atomic mass is 16.4. The van der Waals surface area contributed by atoms with Crippen LogP contribution in [0.15, 0.2) is 27.2 Å². The first-order valence-corrected chi connectivity index (χ1v) is 8.97. The van der Waals surface area contributed by atoms with Crippen molar-refractivity contribution < 1.29 is 13.6 Å². The molecule has 24 heavy (non-hydrogen) atoms. The number of aromatic nitrogens is 2. The van der Waals surface area contributed by atoms with Crippen LogP contribution in [0.2, 0.25) is 0 Å². The van der Waals surface area contributed by atoms with Crippen molar-refractivity contribution >= 4 is 5.91 Å². The number of hydrogen-bond donors (Lipinski definition) is 0. The van der Waals surface area contributed by atoms with E-state index in [2.05, 4.69) is 10.2 Å². The maximum absolute atomic E-state index is 12.6. The van der Waals surface area contributed by atoms with E-state index in [0.717, 1.165) is 38.8 Å². The summed E-state index contributed by atoms with van der Waals surface area (Å²) in [5.74, 6) is 2.52. The Hall–Kier alpha value is -2.11. The number of nitrogens with zero attached hydrogens (tertiary/aromatic N) is 3. The highest BCUT2D eigenvalue weighted by molar-refractivity contribution is 5.79. The molecule has 0 atom stereocenters. The van der Waals surface area contributed by atoms with E-state index >= 15 is 0 Å². The summed E-state index contributed by atoms with van der Waals surface area (Å²) in [6, 6.07) is 3.61. The molecule has 0 bridgehead atoms. The molecule has 6 nitrogen and oxygen atoms in total. The zero-order valence-electron chi connectivity index (χ0n) is 13.8. The number of rotatable bonds is 3. The fourth-order valence-corrected chi connectivity index (χ4v) is 3.85. The van der Waals surface area contributed by atoms with Crippen LogP contribution in [0.25, 0.3) is 11.7 Å². The third-order valence-electron chi connectivity index (χ3n) is 5.28. The van der Waals surface area contributed by atoms with Crippen LogP contribution in [-0.2, 0) is 4.79 Å². The monoisotopic (exact) mass is 329 g/mol. The third-order valence-corrected chi connectivity index (χ3v) is 5.28. The van der Waals surface area contributed by atoms with E-state index in [1.807, 2.05) is 11.0 Å². The summed E-state index contributed by atoms with van der Waals surface area (Å²) >= 11 is 0. The minimum Gasteiger partial charge on any atom is -0.459 e. The molecule has 1 saturated heterocycles. The lowest BCUT2D eigenvalue weighted by atomic mass is 9.87. The molecule has 0 spiro atoms. The molecule has 0 N–H and O–H groups in total. The van der Waals surface area contributed by atoms with Crippen molar-refractivity contribution in [2.24, 2.45) is 5.92 Å². The van der Waals surface area contributed by atoms with Gasteiger partial charge >= 0.3 is 0 Å². The molecule has 128 valence electrons. The van der Waals surface area contributed by atoms with Crippen LogP contribution < -0.4 is 0 Å². The summed E-state index contributed by atoms with van der Waals surface area (Å²) in [6.07, 6.45) is 9.17. The molecular formula is C18H23N3O3. The molecule has 3 heterocycles. The van der Waals surface area contributed by atoms with Gasteiger partial charge in [0.1, 0.15) is 0 Å². The van der Waals surface area contributed by atoms with Gasteiger partial charge in [-0.15, -0.1) is 10.2 Å². The van der Waals surface area contributed by atoms with Crippen LogP contribution in [0.4, 0.5) is 0 Å². The molecule has 2 aromatic rings. The fraction of sp³-hybridized carbons (Fsp3) is 0.611. The zero-order valence-corrected chi connectivity index (χ0v) is 13.8. The Kier molecular flexibility index (Phi) is 4.36. The minimum atomic E-state index is 0.233. The van der Waals surface area contributed by atoms with Crippen molar-refractivity contribution in [3.05, 3.63) is 24.3 Å². The third kappa shape index (κ3) is 3.09. The Morgan fingerprint density at radius 2 is 1.88 bits per heavy atom. The molecule has 1 aliphatic carbocycles. The molecule has 0 aromatic carbocycles. The number of likely N-dealkylation sites (tertiary alicyclic amines) is 1. The van der Waals surface area contributed by atoms with Gasteiger partial charge in [-0.1, -0.05) is 19.3 Å². The SMILES string of the molecule is O=C(C1CCCCC1)N1CCC(c2nnc(-c3ccco3)o2)CC1. The largest absolute Gasteiger partial charge is 0.459 e. The number of amides is 1. The van der Waals surface area contributed by atoms with Crippen molar-refractivity contribution in [3.63, 3.8) is 0 Å². The number of piperidine rings is 1. The van der Waals surface area contributed by atoms with Crippen LogP contribution in [-0.4, -0.2) is 34.1 Å². The maximum Gasteiger partial charge on any atom is 0.283 e. The quantitative estimate of drug-likeness (QED) is 0.860. The lowest BCUT2D eigenvalue weighted by molar-refractivity contribution is -0.137. The Labute approximate surface area is 141 Å². The summed E-state index contributed by atoms with van der Waals surface area (Å²) in [5.41, 5.74) is 0. The minimum absolute atomic E-state index is 0.233. The number of furan rings is 1. The average Bonchev–Trinajstić information content (AvgIpc) is 3.33. The van der Waals surface area contributed by atoms with Gasteiger partial charge in [0, 0.05) is 24.9 Å². The number of hydrogen-bond acceptors (Lipinski definition) is 5. The summed E-state index contributed by atoms with van der Waals surface area (Å²) in [4.78, 5) is 14.7.